The van der Waals surface area contributed by atoms with Crippen LogP contribution in [-0.4, -0.2) is 24.4 Å². The number of hydrogen-bond donors (Lipinski definition) is 2. The van der Waals surface area contributed by atoms with Gasteiger partial charge in [0.25, 0.3) is 0 Å². The van der Waals surface area contributed by atoms with Crippen LogP contribution in [0.3, 0.4) is 0 Å². The van der Waals surface area contributed by atoms with E-state index < -0.39 is 0 Å². The van der Waals surface area contributed by atoms with Gasteiger partial charge in [-0.05, 0) is 48.8 Å². The first-order chi connectivity index (χ1) is 12.7. The number of nitrogens with one attached hydrogen (secondary N) is 1. The van der Waals surface area contributed by atoms with Crippen LogP contribution >= 0.6 is 0 Å². The minimum absolute atomic E-state index is 0.0915. The summed E-state index contributed by atoms with van der Waals surface area (Å²) in [5.41, 5.74) is 3.90. The molecule has 140 valence electrons. The summed E-state index contributed by atoms with van der Waals surface area (Å²) in [5, 5.41) is 13.6. The molecule has 0 radical (unpaired) electrons. The minimum Gasteiger partial charge on any atom is -0.493 e. The highest BCUT2D eigenvalue weighted by atomic mass is 16.5. The third kappa shape index (κ3) is 4.87. The van der Waals surface area contributed by atoms with Crippen LogP contribution in [0, 0.1) is 0 Å². The van der Waals surface area contributed by atoms with Gasteiger partial charge < -0.3 is 15.2 Å². The highest BCUT2D eigenvalue weighted by Crippen LogP contribution is 2.34. The Bertz CT molecular complexity index is 684. The molecule has 2 atom stereocenters. The molecule has 2 aromatic rings. The number of fused-ring (bicyclic) bond motifs is 1. The molecular formula is C23H31NO2. The molecule has 1 heterocycles. The molecule has 0 spiro atoms. The number of hydrogen-bond acceptors (Lipinski definition) is 3. The first kappa shape index (κ1) is 18.9. The van der Waals surface area contributed by atoms with Crippen LogP contribution in [-0.2, 0) is 6.42 Å². The molecule has 3 heteroatoms. The summed E-state index contributed by atoms with van der Waals surface area (Å²) < 4.78 is 5.96. The Morgan fingerprint density at radius 1 is 1.15 bits per heavy atom. The van der Waals surface area contributed by atoms with Gasteiger partial charge >= 0.3 is 0 Å². The number of aliphatic hydroxyl groups is 1. The number of ether oxygens (including phenoxy) is 1. The number of benzene rings is 2. The Kier molecular flexibility index (Phi) is 6.70. The molecule has 3 rings (SSSR count). The molecule has 0 saturated carbocycles. The fraction of sp³-hybridized carbons (Fsp3) is 0.478. The molecular weight excluding hydrogens is 322 g/mol. The number of aliphatic hydroxyl groups excluding tert-OH is 1. The summed E-state index contributed by atoms with van der Waals surface area (Å²) in [6, 6.07) is 17.4. The average Bonchev–Trinajstić information content (AvgIpc) is 2.87. The van der Waals surface area contributed by atoms with Gasteiger partial charge in [-0.3, -0.25) is 0 Å². The first-order valence-electron chi connectivity index (χ1n) is 9.85. The van der Waals surface area contributed by atoms with Crippen molar-refractivity contribution in [1.82, 2.24) is 5.32 Å². The Labute approximate surface area is 157 Å². The predicted octanol–water partition coefficient (Wildman–Crippen LogP) is 4.61. The van der Waals surface area contributed by atoms with Crippen molar-refractivity contribution < 1.29 is 9.84 Å². The molecule has 1 aliphatic rings. The predicted molar refractivity (Wildman–Crippen MR) is 107 cm³/mol. The van der Waals surface area contributed by atoms with Gasteiger partial charge in [-0.2, -0.15) is 0 Å². The second-order valence-electron chi connectivity index (χ2n) is 7.57. The van der Waals surface area contributed by atoms with Crippen molar-refractivity contribution in [3.05, 3.63) is 65.2 Å². The maximum absolute atomic E-state index is 9.90. The first-order valence-corrected chi connectivity index (χ1v) is 9.85. The lowest BCUT2D eigenvalue weighted by molar-refractivity contribution is 0.221. The summed E-state index contributed by atoms with van der Waals surface area (Å²) in [6.45, 7) is 5.36. The van der Waals surface area contributed by atoms with Crippen molar-refractivity contribution in [2.24, 2.45) is 0 Å². The third-order valence-electron chi connectivity index (χ3n) is 5.25. The van der Waals surface area contributed by atoms with Gasteiger partial charge in [0.05, 0.1) is 13.2 Å². The lowest BCUT2D eigenvalue weighted by Gasteiger charge is -2.25. The van der Waals surface area contributed by atoms with Crippen molar-refractivity contribution in [3.8, 4) is 5.75 Å². The van der Waals surface area contributed by atoms with E-state index >= 15 is 0 Å². The molecule has 2 N–H and O–H groups in total. The quantitative estimate of drug-likeness (QED) is 0.764. The van der Waals surface area contributed by atoms with Crippen molar-refractivity contribution in [2.75, 3.05) is 13.2 Å². The van der Waals surface area contributed by atoms with Crippen molar-refractivity contribution in [1.29, 1.82) is 0 Å². The molecule has 0 bridgehead atoms. The molecule has 0 amide bonds. The van der Waals surface area contributed by atoms with Crippen molar-refractivity contribution in [3.63, 3.8) is 0 Å². The average molecular weight is 354 g/mol. The summed E-state index contributed by atoms with van der Waals surface area (Å²) in [7, 11) is 0. The summed E-state index contributed by atoms with van der Waals surface area (Å²) in [5.74, 6) is 1.49. The third-order valence-corrected chi connectivity index (χ3v) is 5.25. The van der Waals surface area contributed by atoms with Crippen LogP contribution in [0.1, 0.15) is 61.8 Å². The second-order valence-corrected chi connectivity index (χ2v) is 7.57. The standard InChI is InChI=1S/C23H31NO2/c1-17(2)19-11-13-23-21(15-19)22(9-6-14-26-23)24-20(16-25)12-10-18-7-4-3-5-8-18/h3-5,7-8,11,13,15,17,20,22,24-25H,6,9-10,12,14,16H2,1-2H3/t20-,22?/m1/s1. The van der Waals surface area contributed by atoms with E-state index in [0.717, 1.165) is 38.0 Å². The van der Waals surface area contributed by atoms with E-state index in [-0.39, 0.29) is 18.7 Å². The van der Waals surface area contributed by atoms with Crippen LogP contribution in [0.4, 0.5) is 0 Å². The summed E-state index contributed by atoms with van der Waals surface area (Å²) in [4.78, 5) is 0. The fourth-order valence-electron chi connectivity index (χ4n) is 3.63. The van der Waals surface area contributed by atoms with Crippen LogP contribution in [0.2, 0.25) is 0 Å². The second kappa shape index (κ2) is 9.20. The van der Waals surface area contributed by atoms with E-state index in [0.29, 0.717) is 5.92 Å². The van der Waals surface area contributed by atoms with E-state index in [1.807, 2.05) is 6.07 Å². The van der Waals surface area contributed by atoms with Gasteiger partial charge in [0.1, 0.15) is 5.75 Å². The molecule has 1 aliphatic heterocycles. The smallest absolute Gasteiger partial charge is 0.124 e. The molecule has 2 aromatic carbocycles. The Morgan fingerprint density at radius 3 is 2.69 bits per heavy atom. The molecule has 1 unspecified atom stereocenters. The molecule has 26 heavy (non-hydrogen) atoms. The Morgan fingerprint density at radius 2 is 1.96 bits per heavy atom. The summed E-state index contributed by atoms with van der Waals surface area (Å²) in [6.07, 6.45) is 3.97. The van der Waals surface area contributed by atoms with Crippen LogP contribution in [0.5, 0.6) is 5.75 Å². The molecule has 3 nitrogen and oxygen atoms in total. The zero-order valence-electron chi connectivity index (χ0n) is 15.9. The van der Waals surface area contributed by atoms with Crippen molar-refractivity contribution >= 4 is 0 Å². The highest BCUT2D eigenvalue weighted by molar-refractivity contribution is 5.41. The van der Waals surface area contributed by atoms with E-state index in [4.69, 9.17) is 4.74 Å². The van der Waals surface area contributed by atoms with Gasteiger partial charge in [0.2, 0.25) is 0 Å². The van der Waals surface area contributed by atoms with E-state index in [2.05, 4.69) is 61.6 Å². The van der Waals surface area contributed by atoms with E-state index in [9.17, 15) is 5.11 Å². The molecule has 0 aliphatic carbocycles. The number of rotatable bonds is 7. The minimum atomic E-state index is 0.0915. The molecule has 0 aromatic heterocycles. The topological polar surface area (TPSA) is 41.5 Å². The van der Waals surface area contributed by atoms with Gasteiger partial charge in [-0.1, -0.05) is 56.3 Å². The normalized spacial score (nSPS) is 18.1. The lowest BCUT2D eigenvalue weighted by atomic mass is 9.94. The molecule has 0 saturated heterocycles. The van der Waals surface area contributed by atoms with E-state index in [1.165, 1.54) is 16.7 Å². The van der Waals surface area contributed by atoms with E-state index in [1.54, 1.807) is 0 Å². The van der Waals surface area contributed by atoms with Crippen molar-refractivity contribution in [2.45, 2.75) is 57.5 Å². The maximum atomic E-state index is 9.90. The highest BCUT2D eigenvalue weighted by Gasteiger charge is 2.23. The van der Waals surface area contributed by atoms with Crippen LogP contribution in [0.15, 0.2) is 48.5 Å². The van der Waals surface area contributed by atoms with Gasteiger partial charge in [0, 0.05) is 17.6 Å². The zero-order valence-corrected chi connectivity index (χ0v) is 15.9. The zero-order chi connectivity index (χ0) is 18.4. The molecule has 0 fully saturated rings. The monoisotopic (exact) mass is 353 g/mol. The SMILES string of the molecule is CC(C)c1ccc2c(c1)C(N[C@@H](CO)CCc1ccccc1)CCCO2. The van der Waals surface area contributed by atoms with Crippen LogP contribution < -0.4 is 10.1 Å². The lowest BCUT2D eigenvalue weighted by Crippen LogP contribution is -2.36. The maximum Gasteiger partial charge on any atom is 0.124 e. The number of aryl methyl sites for hydroxylation is 1. The summed E-state index contributed by atoms with van der Waals surface area (Å²) >= 11 is 0. The van der Waals surface area contributed by atoms with Gasteiger partial charge in [-0.25, -0.2) is 0 Å². The Hall–Kier alpha value is -1.84. The van der Waals surface area contributed by atoms with Gasteiger partial charge in [0.15, 0.2) is 0 Å². The Balaban J connectivity index is 1.72. The largest absolute Gasteiger partial charge is 0.493 e. The van der Waals surface area contributed by atoms with Crippen LogP contribution in [0.25, 0.3) is 0 Å². The fourth-order valence-corrected chi connectivity index (χ4v) is 3.63. The van der Waals surface area contributed by atoms with Gasteiger partial charge in [-0.15, -0.1) is 0 Å².